The topological polar surface area (TPSA) is 120 Å². The smallest absolute Gasteiger partial charge is 0.336 e. The first kappa shape index (κ1) is 17.5. The van der Waals surface area contributed by atoms with Gasteiger partial charge in [-0.1, -0.05) is 0 Å². The standard InChI is InChI=1S/C16H11FN2O6S/c1-9-6-12(17)13(19(21)22)8-15(9)26(23,24)18-11-3-4-14-10(7-11)2-5-16(20)25-14/h2-8,18H,1H3. The third kappa shape index (κ3) is 3.26. The van der Waals surface area contributed by atoms with E-state index in [1.165, 1.54) is 37.3 Å². The van der Waals surface area contributed by atoms with Crippen LogP contribution >= 0.6 is 0 Å². The lowest BCUT2D eigenvalue weighted by Crippen LogP contribution is -2.15. The van der Waals surface area contributed by atoms with Gasteiger partial charge in [0, 0.05) is 23.2 Å². The first-order valence-electron chi connectivity index (χ1n) is 7.19. The number of nitro benzene ring substituents is 1. The van der Waals surface area contributed by atoms with E-state index in [0.717, 1.165) is 6.07 Å². The fraction of sp³-hybridized carbons (Fsp3) is 0.0625. The molecule has 0 spiro atoms. The van der Waals surface area contributed by atoms with E-state index in [0.29, 0.717) is 11.5 Å². The Hall–Kier alpha value is -3.27. The Bertz CT molecular complexity index is 1200. The predicted molar refractivity (Wildman–Crippen MR) is 91.1 cm³/mol. The molecule has 10 heteroatoms. The summed E-state index contributed by atoms with van der Waals surface area (Å²) in [6.45, 7) is 1.33. The van der Waals surface area contributed by atoms with Crippen LogP contribution in [-0.4, -0.2) is 13.3 Å². The summed E-state index contributed by atoms with van der Waals surface area (Å²) >= 11 is 0. The zero-order chi connectivity index (χ0) is 19.1. The van der Waals surface area contributed by atoms with Crippen LogP contribution in [0.2, 0.25) is 0 Å². The molecule has 0 aliphatic heterocycles. The number of hydrogen-bond donors (Lipinski definition) is 1. The molecule has 0 saturated carbocycles. The maximum Gasteiger partial charge on any atom is 0.336 e. The van der Waals surface area contributed by atoms with Crippen molar-refractivity contribution >= 4 is 32.4 Å². The second-order valence-corrected chi connectivity index (χ2v) is 7.09. The molecule has 0 unspecified atom stereocenters. The molecule has 1 N–H and O–H groups in total. The summed E-state index contributed by atoms with van der Waals surface area (Å²) < 4.78 is 46.0. The lowest BCUT2D eigenvalue weighted by molar-refractivity contribution is -0.387. The van der Waals surface area contributed by atoms with Crippen molar-refractivity contribution < 1.29 is 22.1 Å². The van der Waals surface area contributed by atoms with Crippen LogP contribution in [0.1, 0.15) is 5.56 Å². The van der Waals surface area contributed by atoms with Gasteiger partial charge in [-0.05, 0) is 42.8 Å². The van der Waals surface area contributed by atoms with E-state index in [-0.39, 0.29) is 16.8 Å². The molecule has 0 aliphatic rings. The van der Waals surface area contributed by atoms with Crippen LogP contribution in [0.25, 0.3) is 11.0 Å². The minimum atomic E-state index is -4.21. The minimum Gasteiger partial charge on any atom is -0.423 e. The van der Waals surface area contributed by atoms with Crippen LogP contribution in [0.3, 0.4) is 0 Å². The fourth-order valence-corrected chi connectivity index (χ4v) is 3.71. The largest absolute Gasteiger partial charge is 0.423 e. The van der Waals surface area contributed by atoms with E-state index >= 15 is 0 Å². The molecule has 2 aromatic carbocycles. The maximum absolute atomic E-state index is 13.6. The number of nitrogens with one attached hydrogen (secondary N) is 1. The summed E-state index contributed by atoms with van der Waals surface area (Å²) in [6, 6.07) is 8.34. The minimum absolute atomic E-state index is 0.0207. The molecule has 8 nitrogen and oxygen atoms in total. The van der Waals surface area contributed by atoms with Gasteiger partial charge in [0.25, 0.3) is 10.0 Å². The SMILES string of the molecule is Cc1cc(F)c([N+](=O)[O-])cc1S(=O)(=O)Nc1ccc2oc(=O)ccc2c1. The van der Waals surface area contributed by atoms with E-state index in [1.807, 2.05) is 0 Å². The van der Waals surface area contributed by atoms with Crippen LogP contribution in [0, 0.1) is 22.9 Å². The number of rotatable bonds is 4. The summed E-state index contributed by atoms with van der Waals surface area (Å²) in [7, 11) is -4.21. The normalized spacial score (nSPS) is 11.5. The van der Waals surface area contributed by atoms with E-state index < -0.39 is 37.0 Å². The number of hydrogen-bond acceptors (Lipinski definition) is 6. The highest BCUT2D eigenvalue weighted by Gasteiger charge is 2.24. The van der Waals surface area contributed by atoms with E-state index in [4.69, 9.17) is 4.42 Å². The molecule has 3 rings (SSSR count). The average Bonchev–Trinajstić information content (AvgIpc) is 2.54. The van der Waals surface area contributed by atoms with Gasteiger partial charge in [-0.2, -0.15) is 4.39 Å². The van der Waals surface area contributed by atoms with Crippen LogP contribution in [0.15, 0.2) is 56.6 Å². The number of nitrogens with zero attached hydrogens (tertiary/aromatic N) is 1. The lowest BCUT2D eigenvalue weighted by Gasteiger charge is -2.11. The number of fused-ring (bicyclic) bond motifs is 1. The van der Waals surface area contributed by atoms with Gasteiger partial charge in [-0.3, -0.25) is 14.8 Å². The molecule has 0 amide bonds. The number of anilines is 1. The zero-order valence-electron chi connectivity index (χ0n) is 13.2. The molecule has 0 bridgehead atoms. The Morgan fingerprint density at radius 1 is 1.15 bits per heavy atom. The van der Waals surface area contributed by atoms with Gasteiger partial charge in [-0.15, -0.1) is 0 Å². The van der Waals surface area contributed by atoms with Crippen LogP contribution in [-0.2, 0) is 10.0 Å². The van der Waals surface area contributed by atoms with E-state index in [2.05, 4.69) is 4.72 Å². The Kier molecular flexibility index (Phi) is 4.20. The Morgan fingerprint density at radius 2 is 1.88 bits per heavy atom. The third-order valence-corrected chi connectivity index (χ3v) is 5.13. The van der Waals surface area contributed by atoms with Crippen LogP contribution in [0.4, 0.5) is 15.8 Å². The predicted octanol–water partition coefficient (Wildman–Crippen LogP) is 2.95. The Balaban J connectivity index is 2.04. The molecule has 0 saturated heterocycles. The average molecular weight is 378 g/mol. The van der Waals surface area contributed by atoms with Gasteiger partial charge in [0.2, 0.25) is 5.82 Å². The highest BCUT2D eigenvalue weighted by atomic mass is 32.2. The summed E-state index contributed by atoms with van der Waals surface area (Å²) in [6.07, 6.45) is 0. The van der Waals surface area contributed by atoms with Gasteiger partial charge >= 0.3 is 11.3 Å². The molecule has 0 aliphatic carbocycles. The van der Waals surface area contributed by atoms with Crippen molar-refractivity contribution in [2.75, 3.05) is 4.72 Å². The van der Waals surface area contributed by atoms with Crippen LogP contribution in [0.5, 0.6) is 0 Å². The van der Waals surface area contributed by atoms with Crippen molar-refractivity contribution in [1.82, 2.24) is 0 Å². The fourth-order valence-electron chi connectivity index (χ4n) is 2.42. The number of halogens is 1. The summed E-state index contributed by atoms with van der Waals surface area (Å²) in [5.74, 6) is -1.12. The lowest BCUT2D eigenvalue weighted by atomic mass is 10.2. The molecule has 0 atom stereocenters. The number of benzene rings is 2. The van der Waals surface area contributed by atoms with Gasteiger partial charge in [0.15, 0.2) is 0 Å². The van der Waals surface area contributed by atoms with Gasteiger partial charge in [-0.25, -0.2) is 13.2 Å². The molecule has 0 fully saturated rings. The Labute approximate surface area is 146 Å². The second-order valence-electron chi connectivity index (χ2n) is 5.44. The molecular weight excluding hydrogens is 367 g/mol. The summed E-state index contributed by atoms with van der Waals surface area (Å²) in [5, 5.41) is 11.3. The molecule has 0 radical (unpaired) electrons. The first-order chi connectivity index (χ1) is 12.2. The molecule has 1 aromatic heterocycles. The van der Waals surface area contributed by atoms with E-state index in [9.17, 15) is 27.7 Å². The van der Waals surface area contributed by atoms with Crippen molar-refractivity contribution in [2.45, 2.75) is 11.8 Å². The van der Waals surface area contributed by atoms with Crippen molar-refractivity contribution in [2.24, 2.45) is 0 Å². The number of sulfonamides is 1. The summed E-state index contributed by atoms with van der Waals surface area (Å²) in [5.41, 5.74) is -1.03. The molecule has 3 aromatic rings. The van der Waals surface area contributed by atoms with Crippen molar-refractivity contribution in [3.63, 3.8) is 0 Å². The van der Waals surface area contributed by atoms with Gasteiger partial charge < -0.3 is 4.42 Å². The van der Waals surface area contributed by atoms with Gasteiger partial charge in [0.05, 0.1) is 9.82 Å². The molecule has 134 valence electrons. The van der Waals surface area contributed by atoms with Crippen molar-refractivity contribution in [1.29, 1.82) is 0 Å². The highest BCUT2D eigenvalue weighted by Crippen LogP contribution is 2.27. The number of aryl methyl sites for hydroxylation is 1. The molecule has 1 heterocycles. The number of nitro groups is 1. The van der Waals surface area contributed by atoms with Crippen LogP contribution < -0.4 is 10.3 Å². The monoisotopic (exact) mass is 378 g/mol. The summed E-state index contributed by atoms with van der Waals surface area (Å²) in [4.78, 5) is 20.6. The van der Waals surface area contributed by atoms with E-state index in [1.54, 1.807) is 0 Å². The third-order valence-electron chi connectivity index (χ3n) is 3.60. The van der Waals surface area contributed by atoms with Gasteiger partial charge in [0.1, 0.15) is 5.58 Å². The Morgan fingerprint density at radius 3 is 2.58 bits per heavy atom. The first-order valence-corrected chi connectivity index (χ1v) is 8.67. The second kappa shape index (κ2) is 6.23. The maximum atomic E-state index is 13.6. The van der Waals surface area contributed by atoms with Crippen molar-refractivity contribution in [3.8, 4) is 0 Å². The van der Waals surface area contributed by atoms with Crippen molar-refractivity contribution in [3.05, 3.63) is 74.4 Å². The zero-order valence-corrected chi connectivity index (χ0v) is 14.0. The molecular formula is C16H11FN2O6S. The quantitative estimate of drug-likeness (QED) is 0.423. The highest BCUT2D eigenvalue weighted by molar-refractivity contribution is 7.92. The molecule has 26 heavy (non-hydrogen) atoms.